The number of carbonyl (C=O) groups excluding carboxylic acids is 1. The first-order valence-corrected chi connectivity index (χ1v) is 5.52. The SMILES string of the molecule is COC(=O)C(C)(N)C1CCc2ccccc21.Cl. The number of rotatable bonds is 2. The largest absolute Gasteiger partial charge is 0.468 e. The molecule has 1 aliphatic rings. The summed E-state index contributed by atoms with van der Waals surface area (Å²) in [6, 6.07) is 8.17. The van der Waals surface area contributed by atoms with E-state index in [9.17, 15) is 4.79 Å². The molecular formula is C13H18ClNO2. The molecule has 0 amide bonds. The Kier molecular flexibility index (Phi) is 4.17. The number of nitrogens with two attached hydrogens (primary N) is 1. The maximum absolute atomic E-state index is 11.7. The Morgan fingerprint density at radius 1 is 1.47 bits per heavy atom. The Morgan fingerprint density at radius 3 is 2.76 bits per heavy atom. The first-order chi connectivity index (χ1) is 7.57. The third kappa shape index (κ3) is 2.31. The molecule has 1 aromatic carbocycles. The molecule has 0 spiro atoms. The van der Waals surface area contributed by atoms with Crippen LogP contribution in [0.2, 0.25) is 0 Å². The average molecular weight is 256 g/mol. The number of ether oxygens (including phenoxy) is 1. The van der Waals surface area contributed by atoms with E-state index in [0.717, 1.165) is 12.8 Å². The third-order valence-corrected chi connectivity index (χ3v) is 3.48. The molecule has 3 nitrogen and oxygen atoms in total. The Bertz CT molecular complexity index is 418. The van der Waals surface area contributed by atoms with E-state index in [1.807, 2.05) is 12.1 Å². The van der Waals surface area contributed by atoms with Crippen molar-refractivity contribution in [3.8, 4) is 0 Å². The number of methoxy groups -OCH3 is 1. The van der Waals surface area contributed by atoms with Crippen LogP contribution in [0.3, 0.4) is 0 Å². The van der Waals surface area contributed by atoms with Gasteiger partial charge in [-0.25, -0.2) is 0 Å². The van der Waals surface area contributed by atoms with Gasteiger partial charge in [-0.2, -0.15) is 0 Å². The molecule has 1 aromatic rings. The van der Waals surface area contributed by atoms with Crippen LogP contribution < -0.4 is 5.73 Å². The van der Waals surface area contributed by atoms with Crippen LogP contribution in [0.1, 0.15) is 30.4 Å². The van der Waals surface area contributed by atoms with Gasteiger partial charge < -0.3 is 10.5 Å². The lowest BCUT2D eigenvalue weighted by atomic mass is 9.82. The number of halogens is 1. The summed E-state index contributed by atoms with van der Waals surface area (Å²) in [5, 5.41) is 0. The first-order valence-electron chi connectivity index (χ1n) is 5.52. The average Bonchev–Trinajstić information content (AvgIpc) is 2.72. The molecule has 0 heterocycles. The Labute approximate surface area is 108 Å². The summed E-state index contributed by atoms with van der Waals surface area (Å²) < 4.78 is 4.78. The number of hydrogen-bond acceptors (Lipinski definition) is 3. The second-order valence-corrected chi connectivity index (χ2v) is 4.56. The molecule has 1 aliphatic carbocycles. The summed E-state index contributed by atoms with van der Waals surface area (Å²) in [4.78, 5) is 11.7. The lowest BCUT2D eigenvalue weighted by Crippen LogP contribution is -2.50. The Balaban J connectivity index is 0.00000144. The second-order valence-electron chi connectivity index (χ2n) is 4.56. The summed E-state index contributed by atoms with van der Waals surface area (Å²) in [6.07, 6.45) is 1.91. The van der Waals surface area contributed by atoms with E-state index in [2.05, 4.69) is 12.1 Å². The van der Waals surface area contributed by atoms with E-state index in [0.29, 0.717) is 0 Å². The highest BCUT2D eigenvalue weighted by Crippen LogP contribution is 2.39. The van der Waals surface area contributed by atoms with E-state index in [-0.39, 0.29) is 24.3 Å². The predicted molar refractivity (Wildman–Crippen MR) is 69.4 cm³/mol. The number of carbonyl (C=O) groups is 1. The number of benzene rings is 1. The van der Waals surface area contributed by atoms with Crippen LogP contribution in [-0.2, 0) is 16.0 Å². The molecule has 2 atom stereocenters. The highest BCUT2D eigenvalue weighted by Gasteiger charge is 2.42. The van der Waals surface area contributed by atoms with Crippen LogP contribution in [0.4, 0.5) is 0 Å². The molecule has 2 unspecified atom stereocenters. The fourth-order valence-electron chi connectivity index (χ4n) is 2.54. The smallest absolute Gasteiger partial charge is 0.326 e. The van der Waals surface area contributed by atoms with Crippen LogP contribution in [0.5, 0.6) is 0 Å². The minimum absolute atomic E-state index is 0. The topological polar surface area (TPSA) is 52.3 Å². The minimum atomic E-state index is -0.929. The standard InChI is InChI=1S/C13H17NO2.ClH/c1-13(14,12(15)16-2)11-8-7-9-5-3-4-6-10(9)11;/h3-6,11H,7-8,14H2,1-2H3;1H. The molecule has 0 radical (unpaired) electrons. The molecule has 0 saturated heterocycles. The summed E-state index contributed by atoms with van der Waals surface area (Å²) in [5.74, 6) is -0.273. The minimum Gasteiger partial charge on any atom is -0.468 e. The number of aryl methyl sites for hydroxylation is 1. The van der Waals surface area contributed by atoms with Gasteiger partial charge in [0.05, 0.1) is 7.11 Å². The fraction of sp³-hybridized carbons (Fsp3) is 0.462. The van der Waals surface area contributed by atoms with Crippen molar-refractivity contribution in [2.24, 2.45) is 5.73 Å². The molecule has 0 saturated carbocycles. The maximum atomic E-state index is 11.7. The molecule has 0 fully saturated rings. The lowest BCUT2D eigenvalue weighted by Gasteiger charge is -2.29. The Morgan fingerprint density at radius 2 is 2.12 bits per heavy atom. The van der Waals surface area contributed by atoms with Gasteiger partial charge in [-0.3, -0.25) is 4.79 Å². The lowest BCUT2D eigenvalue weighted by molar-refractivity contribution is -0.147. The van der Waals surface area contributed by atoms with Gasteiger partial charge in [-0.1, -0.05) is 24.3 Å². The van der Waals surface area contributed by atoms with Crippen molar-refractivity contribution >= 4 is 18.4 Å². The van der Waals surface area contributed by atoms with Gasteiger partial charge in [0.25, 0.3) is 0 Å². The second kappa shape index (κ2) is 5.07. The fourth-order valence-corrected chi connectivity index (χ4v) is 2.54. The number of esters is 1. The highest BCUT2D eigenvalue weighted by atomic mass is 35.5. The van der Waals surface area contributed by atoms with Crippen molar-refractivity contribution in [1.82, 2.24) is 0 Å². The third-order valence-electron chi connectivity index (χ3n) is 3.48. The molecule has 0 aromatic heterocycles. The Hall–Kier alpha value is -1.06. The molecule has 0 aliphatic heterocycles. The summed E-state index contributed by atoms with van der Waals surface area (Å²) >= 11 is 0. The zero-order valence-corrected chi connectivity index (χ0v) is 10.9. The molecule has 17 heavy (non-hydrogen) atoms. The van der Waals surface area contributed by atoms with Crippen molar-refractivity contribution in [3.05, 3.63) is 35.4 Å². The molecular weight excluding hydrogens is 238 g/mol. The van der Waals surface area contributed by atoms with Crippen molar-refractivity contribution in [2.45, 2.75) is 31.2 Å². The van der Waals surface area contributed by atoms with Gasteiger partial charge in [0.1, 0.15) is 5.54 Å². The van der Waals surface area contributed by atoms with Gasteiger partial charge in [0.2, 0.25) is 0 Å². The molecule has 4 heteroatoms. The van der Waals surface area contributed by atoms with Crippen molar-refractivity contribution in [2.75, 3.05) is 7.11 Å². The van der Waals surface area contributed by atoms with Crippen LogP contribution in [0.15, 0.2) is 24.3 Å². The molecule has 94 valence electrons. The summed E-state index contributed by atoms with van der Waals surface area (Å²) in [5.41, 5.74) is 7.68. The summed E-state index contributed by atoms with van der Waals surface area (Å²) in [7, 11) is 1.38. The highest BCUT2D eigenvalue weighted by molar-refractivity contribution is 5.85. The van der Waals surface area contributed by atoms with Crippen molar-refractivity contribution < 1.29 is 9.53 Å². The van der Waals surface area contributed by atoms with Gasteiger partial charge in [0, 0.05) is 5.92 Å². The number of hydrogen-bond donors (Lipinski definition) is 1. The van der Waals surface area contributed by atoms with E-state index < -0.39 is 5.54 Å². The monoisotopic (exact) mass is 255 g/mol. The first kappa shape index (κ1) is 14.0. The molecule has 2 rings (SSSR count). The van der Waals surface area contributed by atoms with Crippen molar-refractivity contribution in [1.29, 1.82) is 0 Å². The zero-order valence-electron chi connectivity index (χ0n) is 10.1. The van der Waals surface area contributed by atoms with Crippen LogP contribution in [0.25, 0.3) is 0 Å². The predicted octanol–water partition coefficient (Wildman–Crippen LogP) is 2.03. The van der Waals surface area contributed by atoms with E-state index >= 15 is 0 Å². The normalized spacial score (nSPS) is 21.0. The van der Waals surface area contributed by atoms with Gasteiger partial charge in [-0.15, -0.1) is 12.4 Å². The summed E-state index contributed by atoms with van der Waals surface area (Å²) in [6.45, 7) is 1.76. The molecule has 2 N–H and O–H groups in total. The van der Waals surface area contributed by atoms with Crippen molar-refractivity contribution in [3.63, 3.8) is 0 Å². The van der Waals surface area contributed by atoms with Crippen LogP contribution >= 0.6 is 12.4 Å². The van der Waals surface area contributed by atoms with E-state index in [4.69, 9.17) is 10.5 Å². The maximum Gasteiger partial charge on any atom is 0.326 e. The van der Waals surface area contributed by atoms with Gasteiger partial charge >= 0.3 is 5.97 Å². The van der Waals surface area contributed by atoms with Gasteiger partial charge in [-0.05, 0) is 30.9 Å². The van der Waals surface area contributed by atoms with E-state index in [1.54, 1.807) is 6.92 Å². The van der Waals surface area contributed by atoms with Crippen LogP contribution in [-0.4, -0.2) is 18.6 Å². The molecule has 0 bridgehead atoms. The quantitative estimate of drug-likeness (QED) is 0.823. The van der Waals surface area contributed by atoms with Crippen LogP contribution in [0, 0.1) is 0 Å². The van der Waals surface area contributed by atoms with Gasteiger partial charge in [0.15, 0.2) is 0 Å². The van der Waals surface area contributed by atoms with E-state index in [1.165, 1.54) is 18.2 Å². The number of fused-ring (bicyclic) bond motifs is 1. The zero-order chi connectivity index (χ0) is 11.8.